The number of nitrogens with two attached hydrogens (primary N) is 1. The molecule has 9 nitrogen and oxygen atoms in total. The number of hydrogen-bond acceptors (Lipinski definition) is 7. The molecule has 0 aliphatic rings. The number of nitrogens with one attached hydrogen (secondary N) is 3. The highest BCUT2D eigenvalue weighted by atomic mass is 16.6. The third kappa shape index (κ3) is 6.04. The number of carbonyl (C=O) groups is 1. The average Bonchev–Trinajstić information content (AvgIpc) is 2.36. The lowest BCUT2D eigenvalue weighted by Gasteiger charge is -2.20. The number of hydrogen-bond donors (Lipinski definition) is 4. The van der Waals surface area contributed by atoms with Gasteiger partial charge in [-0.1, -0.05) is 0 Å². The van der Waals surface area contributed by atoms with E-state index in [1.807, 2.05) is 20.8 Å². The monoisotopic (exact) mass is 296 g/mol. The van der Waals surface area contributed by atoms with Crippen molar-refractivity contribution in [3.05, 3.63) is 22.2 Å². The Hall–Kier alpha value is -2.42. The standard InChI is InChI=1S/C12H20N6O3/c1-12(2,3)16-11(19)4-5-14-9-6-8(18(20)21)7-10(15-9)17-13/h6-7H,4-5,13H2,1-3H3,(H,16,19)(H2,14,15,17). The Bertz CT molecular complexity index is 526. The van der Waals surface area contributed by atoms with E-state index in [0.29, 0.717) is 6.54 Å². The highest BCUT2D eigenvalue weighted by Crippen LogP contribution is 2.19. The molecule has 0 aliphatic carbocycles. The predicted molar refractivity (Wildman–Crippen MR) is 79.7 cm³/mol. The van der Waals surface area contributed by atoms with E-state index in [-0.39, 0.29) is 35.2 Å². The van der Waals surface area contributed by atoms with Crippen molar-refractivity contribution in [2.75, 3.05) is 17.3 Å². The summed E-state index contributed by atoms with van der Waals surface area (Å²) in [6, 6.07) is 2.50. The molecule has 1 heterocycles. The lowest BCUT2D eigenvalue weighted by molar-refractivity contribution is -0.384. The van der Waals surface area contributed by atoms with Gasteiger partial charge in [-0.25, -0.2) is 10.8 Å². The first-order valence-electron chi connectivity index (χ1n) is 6.39. The number of carbonyl (C=O) groups excluding carboxylic acids is 1. The minimum absolute atomic E-state index is 0.113. The summed E-state index contributed by atoms with van der Waals surface area (Å²) < 4.78 is 0. The number of aromatic nitrogens is 1. The van der Waals surface area contributed by atoms with E-state index in [2.05, 4.69) is 21.0 Å². The van der Waals surface area contributed by atoms with Crippen molar-refractivity contribution in [1.29, 1.82) is 0 Å². The van der Waals surface area contributed by atoms with Crippen LogP contribution in [0.25, 0.3) is 0 Å². The second-order valence-electron chi connectivity index (χ2n) is 5.47. The zero-order valence-corrected chi connectivity index (χ0v) is 12.3. The molecule has 0 unspecified atom stereocenters. The summed E-state index contributed by atoms with van der Waals surface area (Å²) in [6.07, 6.45) is 0.229. The number of nitro groups is 1. The summed E-state index contributed by atoms with van der Waals surface area (Å²) in [6.45, 7) is 5.97. The first kappa shape index (κ1) is 16.6. The molecule has 0 spiro atoms. The molecule has 116 valence electrons. The summed E-state index contributed by atoms with van der Waals surface area (Å²) in [5, 5.41) is 16.5. The van der Waals surface area contributed by atoms with Gasteiger partial charge < -0.3 is 16.1 Å². The van der Waals surface area contributed by atoms with E-state index in [1.165, 1.54) is 12.1 Å². The van der Waals surface area contributed by atoms with E-state index in [0.717, 1.165) is 0 Å². The number of rotatable bonds is 6. The molecule has 1 amide bonds. The van der Waals surface area contributed by atoms with Crippen LogP contribution in [-0.2, 0) is 4.79 Å². The van der Waals surface area contributed by atoms with Crippen LogP contribution in [0.3, 0.4) is 0 Å². The van der Waals surface area contributed by atoms with Gasteiger partial charge >= 0.3 is 0 Å². The Morgan fingerprint density at radius 3 is 2.52 bits per heavy atom. The lowest BCUT2D eigenvalue weighted by Crippen LogP contribution is -2.41. The maximum atomic E-state index is 11.6. The molecule has 1 rings (SSSR count). The maximum Gasteiger partial charge on any atom is 0.276 e. The zero-order valence-electron chi connectivity index (χ0n) is 12.3. The van der Waals surface area contributed by atoms with E-state index in [1.54, 1.807) is 0 Å². The summed E-state index contributed by atoms with van der Waals surface area (Å²) in [7, 11) is 0. The van der Waals surface area contributed by atoms with Gasteiger partial charge in [-0.2, -0.15) is 0 Å². The largest absolute Gasteiger partial charge is 0.369 e. The van der Waals surface area contributed by atoms with Gasteiger partial charge in [0, 0.05) is 18.5 Å². The SMILES string of the molecule is CC(C)(C)NC(=O)CCNc1cc([N+](=O)[O-])cc(NN)n1. The van der Waals surface area contributed by atoms with Crippen molar-refractivity contribution in [1.82, 2.24) is 10.3 Å². The molecule has 1 aromatic rings. The predicted octanol–water partition coefficient (Wildman–Crippen LogP) is 0.992. The van der Waals surface area contributed by atoms with E-state index in [9.17, 15) is 14.9 Å². The fraction of sp³-hybridized carbons (Fsp3) is 0.500. The average molecular weight is 296 g/mol. The minimum Gasteiger partial charge on any atom is -0.369 e. The summed E-state index contributed by atoms with van der Waals surface area (Å²) in [4.78, 5) is 25.9. The second-order valence-corrected chi connectivity index (χ2v) is 5.47. The number of hydrazine groups is 1. The van der Waals surface area contributed by atoms with Crippen molar-refractivity contribution in [3.8, 4) is 0 Å². The van der Waals surface area contributed by atoms with Gasteiger partial charge in [0.25, 0.3) is 5.69 Å². The molecule has 5 N–H and O–H groups in total. The minimum atomic E-state index is -0.542. The van der Waals surface area contributed by atoms with Gasteiger partial charge in [0.1, 0.15) is 11.6 Å². The number of pyridine rings is 1. The van der Waals surface area contributed by atoms with Crippen molar-refractivity contribution >= 4 is 23.2 Å². The normalized spacial score (nSPS) is 10.9. The molecular weight excluding hydrogens is 276 g/mol. The van der Waals surface area contributed by atoms with Crippen molar-refractivity contribution in [2.45, 2.75) is 32.7 Å². The summed E-state index contributed by atoms with van der Waals surface area (Å²) >= 11 is 0. The quantitative estimate of drug-likeness (QED) is 0.349. The first-order chi connectivity index (χ1) is 9.71. The molecule has 0 bridgehead atoms. The molecule has 0 saturated carbocycles. The van der Waals surface area contributed by atoms with Crippen LogP contribution in [0.5, 0.6) is 0 Å². The van der Waals surface area contributed by atoms with Crippen LogP contribution < -0.4 is 21.9 Å². The highest BCUT2D eigenvalue weighted by molar-refractivity contribution is 5.77. The smallest absolute Gasteiger partial charge is 0.276 e. The molecule has 0 aromatic carbocycles. The molecular formula is C12H20N6O3. The van der Waals surface area contributed by atoms with Crippen LogP contribution >= 0.6 is 0 Å². The number of nitrogen functional groups attached to an aromatic ring is 1. The van der Waals surface area contributed by atoms with Gasteiger partial charge in [-0.05, 0) is 20.8 Å². The van der Waals surface area contributed by atoms with Crippen LogP contribution in [0, 0.1) is 10.1 Å². The molecule has 0 radical (unpaired) electrons. The summed E-state index contributed by atoms with van der Waals surface area (Å²) in [5.74, 6) is 5.54. The van der Waals surface area contributed by atoms with Crippen LogP contribution in [-0.4, -0.2) is 27.9 Å². The number of nitrogens with zero attached hydrogens (tertiary/aromatic N) is 2. The van der Waals surface area contributed by atoms with Crippen molar-refractivity contribution in [2.24, 2.45) is 5.84 Å². The fourth-order valence-electron chi connectivity index (χ4n) is 1.57. The Balaban J connectivity index is 2.61. The van der Waals surface area contributed by atoms with Crippen molar-refractivity contribution in [3.63, 3.8) is 0 Å². The Morgan fingerprint density at radius 2 is 2.00 bits per heavy atom. The molecule has 21 heavy (non-hydrogen) atoms. The fourth-order valence-corrected chi connectivity index (χ4v) is 1.57. The van der Waals surface area contributed by atoms with Gasteiger partial charge in [0.05, 0.1) is 17.1 Å². The van der Waals surface area contributed by atoms with E-state index in [4.69, 9.17) is 5.84 Å². The zero-order chi connectivity index (χ0) is 16.0. The van der Waals surface area contributed by atoms with Gasteiger partial charge in [-0.15, -0.1) is 0 Å². The molecule has 0 fully saturated rings. The molecule has 1 aromatic heterocycles. The number of amides is 1. The third-order valence-corrected chi connectivity index (χ3v) is 2.34. The Morgan fingerprint density at radius 1 is 1.38 bits per heavy atom. The molecule has 0 atom stereocenters. The lowest BCUT2D eigenvalue weighted by atomic mass is 10.1. The Kier molecular flexibility index (Phi) is 5.42. The van der Waals surface area contributed by atoms with Gasteiger partial charge in [-0.3, -0.25) is 14.9 Å². The first-order valence-corrected chi connectivity index (χ1v) is 6.39. The van der Waals surface area contributed by atoms with Crippen LogP contribution in [0.15, 0.2) is 12.1 Å². The van der Waals surface area contributed by atoms with E-state index < -0.39 is 4.92 Å². The van der Waals surface area contributed by atoms with Crippen LogP contribution in [0.2, 0.25) is 0 Å². The second kappa shape index (κ2) is 6.84. The van der Waals surface area contributed by atoms with Gasteiger partial charge in [0.15, 0.2) is 0 Å². The topological polar surface area (TPSA) is 135 Å². The van der Waals surface area contributed by atoms with E-state index >= 15 is 0 Å². The summed E-state index contributed by atoms with van der Waals surface area (Å²) in [5.41, 5.74) is 1.82. The van der Waals surface area contributed by atoms with Gasteiger partial charge in [0.2, 0.25) is 5.91 Å². The maximum absolute atomic E-state index is 11.6. The van der Waals surface area contributed by atoms with Crippen molar-refractivity contribution < 1.29 is 9.72 Å². The van der Waals surface area contributed by atoms with Crippen LogP contribution in [0.1, 0.15) is 27.2 Å². The number of anilines is 2. The highest BCUT2D eigenvalue weighted by Gasteiger charge is 2.14. The molecule has 0 saturated heterocycles. The van der Waals surface area contributed by atoms with Crippen LogP contribution in [0.4, 0.5) is 17.3 Å². The Labute approximate surface area is 122 Å². The molecule has 9 heteroatoms. The third-order valence-electron chi connectivity index (χ3n) is 2.34. The molecule has 0 aliphatic heterocycles.